The smallest absolute Gasteiger partial charge is 0.119 e. The van der Waals surface area contributed by atoms with Gasteiger partial charge in [-0.1, -0.05) is 102 Å². The molecule has 0 N–H and O–H groups in total. The van der Waals surface area contributed by atoms with Gasteiger partial charge in [-0.25, -0.2) is 0 Å². The van der Waals surface area contributed by atoms with Crippen LogP contribution in [0.1, 0.15) is 113 Å². The highest BCUT2D eigenvalue weighted by Gasteiger charge is 1.97. The first-order chi connectivity index (χ1) is 19.8. The molecule has 0 atom stereocenters. The molecule has 0 aliphatic heterocycles. The summed E-state index contributed by atoms with van der Waals surface area (Å²) in [4.78, 5) is 0. The van der Waals surface area contributed by atoms with E-state index in [9.17, 15) is 0 Å². The van der Waals surface area contributed by atoms with Crippen LogP contribution in [0.5, 0.6) is 11.5 Å². The summed E-state index contributed by atoms with van der Waals surface area (Å²) in [6.07, 6.45) is 15.3. The van der Waals surface area contributed by atoms with Gasteiger partial charge in [0.1, 0.15) is 11.5 Å². The van der Waals surface area contributed by atoms with Crippen LogP contribution in [0.3, 0.4) is 0 Å². The maximum atomic E-state index is 5.87. The van der Waals surface area contributed by atoms with Crippen molar-refractivity contribution in [2.24, 2.45) is 0 Å². The molecule has 0 aromatic heterocycles. The molecule has 0 aliphatic carbocycles. The van der Waals surface area contributed by atoms with E-state index in [1.165, 1.54) is 64.2 Å². The quantitative estimate of drug-likeness (QED) is 0.134. The summed E-state index contributed by atoms with van der Waals surface area (Å²) in [5, 5.41) is 0. The molecule has 0 unspecified atom stereocenters. The lowest BCUT2D eigenvalue weighted by molar-refractivity contribution is 0.304. The van der Waals surface area contributed by atoms with Crippen molar-refractivity contribution in [2.75, 3.05) is 13.2 Å². The highest BCUT2D eigenvalue weighted by Crippen LogP contribution is 2.15. The lowest BCUT2D eigenvalue weighted by Gasteiger charge is -2.06. The van der Waals surface area contributed by atoms with E-state index in [0.29, 0.717) is 0 Å². The van der Waals surface area contributed by atoms with E-state index in [1.54, 1.807) is 0 Å². The maximum Gasteiger partial charge on any atom is 0.119 e. The largest absolute Gasteiger partial charge is 0.494 e. The van der Waals surface area contributed by atoms with Crippen molar-refractivity contribution in [3.8, 4) is 35.2 Å². The van der Waals surface area contributed by atoms with E-state index in [-0.39, 0.29) is 0 Å². The molecule has 0 radical (unpaired) electrons. The van der Waals surface area contributed by atoms with E-state index < -0.39 is 0 Å². The zero-order valence-electron chi connectivity index (χ0n) is 24.6. The summed E-state index contributed by atoms with van der Waals surface area (Å²) in [5.41, 5.74) is 3.91. The fraction of sp³-hybridized carbons (Fsp3) is 0.421. The molecule has 2 nitrogen and oxygen atoms in total. The van der Waals surface area contributed by atoms with Crippen LogP contribution >= 0.6 is 0 Å². The van der Waals surface area contributed by atoms with Crippen molar-refractivity contribution in [1.82, 2.24) is 0 Å². The molecular weight excluding hydrogens is 488 g/mol. The Balaban J connectivity index is 1.39. The predicted octanol–water partition coefficient (Wildman–Crippen LogP) is 9.96. The SMILES string of the molecule is CCCCCCCCOc1ccc(C#Cc2ccc(C#Cc3ccc(OCCCCCCCC)cc3)cc2)cc1. The minimum Gasteiger partial charge on any atom is -0.494 e. The normalized spacial score (nSPS) is 10.2. The van der Waals surface area contributed by atoms with E-state index in [1.807, 2.05) is 72.8 Å². The molecule has 2 heteroatoms. The molecule has 0 amide bonds. The highest BCUT2D eigenvalue weighted by molar-refractivity contribution is 5.48. The lowest BCUT2D eigenvalue weighted by atomic mass is 10.1. The van der Waals surface area contributed by atoms with Crippen molar-refractivity contribution in [2.45, 2.75) is 90.9 Å². The van der Waals surface area contributed by atoms with E-state index >= 15 is 0 Å². The molecule has 0 aliphatic rings. The van der Waals surface area contributed by atoms with Crippen LogP contribution in [-0.2, 0) is 0 Å². The molecule has 0 bridgehead atoms. The second-order valence-corrected chi connectivity index (χ2v) is 10.4. The molecule has 0 saturated heterocycles. The first kappa shape index (κ1) is 30.9. The second-order valence-electron chi connectivity index (χ2n) is 10.4. The Bertz CT molecular complexity index is 1100. The Labute approximate surface area is 243 Å². The molecule has 0 saturated carbocycles. The molecule has 3 aromatic carbocycles. The molecule has 40 heavy (non-hydrogen) atoms. The van der Waals surface area contributed by atoms with Gasteiger partial charge in [-0.2, -0.15) is 0 Å². The summed E-state index contributed by atoms with van der Waals surface area (Å²) in [6, 6.07) is 24.2. The van der Waals surface area contributed by atoms with Gasteiger partial charge >= 0.3 is 0 Å². The van der Waals surface area contributed by atoms with Gasteiger partial charge in [-0.05, 0) is 85.6 Å². The van der Waals surface area contributed by atoms with Gasteiger partial charge in [-0.15, -0.1) is 0 Å². The Morgan fingerprint density at radius 3 is 0.975 bits per heavy atom. The monoisotopic (exact) mass is 534 g/mol. The highest BCUT2D eigenvalue weighted by atomic mass is 16.5. The average molecular weight is 535 g/mol. The predicted molar refractivity (Wildman–Crippen MR) is 169 cm³/mol. The minimum absolute atomic E-state index is 0.783. The molecule has 0 heterocycles. The van der Waals surface area contributed by atoms with Gasteiger partial charge < -0.3 is 9.47 Å². The fourth-order valence-corrected chi connectivity index (χ4v) is 4.34. The summed E-state index contributed by atoms with van der Waals surface area (Å²) in [7, 11) is 0. The van der Waals surface area contributed by atoms with Crippen LogP contribution < -0.4 is 9.47 Å². The average Bonchev–Trinajstić information content (AvgIpc) is 3.00. The van der Waals surface area contributed by atoms with Crippen molar-refractivity contribution >= 4 is 0 Å². The molecule has 0 fully saturated rings. The van der Waals surface area contributed by atoms with Crippen molar-refractivity contribution in [3.05, 3.63) is 95.1 Å². The van der Waals surface area contributed by atoms with E-state index in [0.717, 1.165) is 59.8 Å². The number of ether oxygens (including phenoxy) is 2. The Morgan fingerprint density at radius 2 is 0.650 bits per heavy atom. The first-order valence-corrected chi connectivity index (χ1v) is 15.4. The number of hydrogen-bond acceptors (Lipinski definition) is 2. The zero-order chi connectivity index (χ0) is 28.1. The maximum absolute atomic E-state index is 5.87. The molecule has 0 spiro atoms. The van der Waals surface area contributed by atoms with Gasteiger partial charge in [-0.3, -0.25) is 0 Å². The van der Waals surface area contributed by atoms with Crippen LogP contribution in [0, 0.1) is 23.7 Å². The Hall–Kier alpha value is -3.62. The number of hydrogen-bond donors (Lipinski definition) is 0. The van der Waals surface area contributed by atoms with E-state index in [2.05, 4.69) is 37.5 Å². The lowest BCUT2D eigenvalue weighted by Crippen LogP contribution is -1.97. The van der Waals surface area contributed by atoms with Crippen molar-refractivity contribution in [1.29, 1.82) is 0 Å². The van der Waals surface area contributed by atoms with Gasteiger partial charge in [0.2, 0.25) is 0 Å². The van der Waals surface area contributed by atoms with Gasteiger partial charge in [0.25, 0.3) is 0 Å². The van der Waals surface area contributed by atoms with Crippen LogP contribution in [-0.4, -0.2) is 13.2 Å². The van der Waals surface area contributed by atoms with Gasteiger partial charge in [0.05, 0.1) is 13.2 Å². The summed E-state index contributed by atoms with van der Waals surface area (Å²) in [5.74, 6) is 14.8. The van der Waals surface area contributed by atoms with Crippen LogP contribution in [0.2, 0.25) is 0 Å². The fourth-order valence-electron chi connectivity index (χ4n) is 4.34. The second kappa shape index (κ2) is 19.4. The third-order valence-electron chi connectivity index (χ3n) is 6.83. The van der Waals surface area contributed by atoms with E-state index in [4.69, 9.17) is 9.47 Å². The van der Waals surface area contributed by atoms with Crippen LogP contribution in [0.4, 0.5) is 0 Å². The third kappa shape index (κ3) is 13.0. The summed E-state index contributed by atoms with van der Waals surface area (Å²) in [6.45, 7) is 6.06. The number of unbranched alkanes of at least 4 members (excludes halogenated alkanes) is 10. The Kier molecular flexibility index (Phi) is 15.0. The standard InChI is InChI=1S/C38H46O2/c1-3-5-7-9-11-13-31-39-37-27-23-35(24-28-37)21-19-33-15-17-34(18-16-33)20-22-36-25-29-38(30-26-36)40-32-14-12-10-8-6-4-2/h15-18,23-30H,3-14,31-32H2,1-2H3. The van der Waals surface area contributed by atoms with Crippen molar-refractivity contribution in [3.63, 3.8) is 0 Å². The molecular formula is C38H46O2. The Morgan fingerprint density at radius 1 is 0.375 bits per heavy atom. The topological polar surface area (TPSA) is 18.5 Å². The number of benzene rings is 3. The van der Waals surface area contributed by atoms with Crippen molar-refractivity contribution < 1.29 is 9.47 Å². The minimum atomic E-state index is 0.783. The zero-order valence-corrected chi connectivity index (χ0v) is 24.6. The number of rotatable bonds is 16. The summed E-state index contributed by atoms with van der Waals surface area (Å²) >= 11 is 0. The van der Waals surface area contributed by atoms with Crippen LogP contribution in [0.25, 0.3) is 0 Å². The van der Waals surface area contributed by atoms with Crippen LogP contribution in [0.15, 0.2) is 72.8 Å². The summed E-state index contributed by atoms with van der Waals surface area (Å²) < 4.78 is 11.7. The van der Waals surface area contributed by atoms with Gasteiger partial charge in [0.15, 0.2) is 0 Å². The molecule has 3 aromatic rings. The molecule has 3 rings (SSSR count). The van der Waals surface area contributed by atoms with Gasteiger partial charge in [0, 0.05) is 22.3 Å². The first-order valence-electron chi connectivity index (χ1n) is 15.4. The molecule has 210 valence electrons. The third-order valence-corrected chi connectivity index (χ3v) is 6.83.